The first-order valence-corrected chi connectivity index (χ1v) is 12.4. The predicted molar refractivity (Wildman–Crippen MR) is 134 cm³/mol. The average molecular weight is 467 g/mol. The number of oxazole rings is 1. The molecule has 2 bridgehead atoms. The van der Waals surface area contributed by atoms with E-state index in [0.29, 0.717) is 24.4 Å². The van der Waals surface area contributed by atoms with Gasteiger partial charge in [-0.05, 0) is 48.4 Å². The minimum atomic E-state index is -1.46. The van der Waals surface area contributed by atoms with Crippen molar-refractivity contribution in [2.24, 2.45) is 5.92 Å². The lowest BCUT2D eigenvalue weighted by Gasteiger charge is -2.38. The van der Waals surface area contributed by atoms with Crippen LogP contribution in [0.4, 0.5) is 0 Å². The van der Waals surface area contributed by atoms with Crippen molar-refractivity contribution >= 4 is 0 Å². The molecule has 35 heavy (non-hydrogen) atoms. The number of likely N-dealkylation sites (tertiary alicyclic amines) is 1. The van der Waals surface area contributed by atoms with Gasteiger partial charge in [0.1, 0.15) is 17.6 Å². The summed E-state index contributed by atoms with van der Waals surface area (Å²) in [6.07, 6.45) is 5.46. The Morgan fingerprint density at radius 2 is 1.51 bits per heavy atom. The summed E-state index contributed by atoms with van der Waals surface area (Å²) in [5.74, 6) is 2.58. The summed E-state index contributed by atoms with van der Waals surface area (Å²) in [4.78, 5) is 7.04. The first-order chi connectivity index (χ1) is 17.2. The largest absolute Gasteiger partial charge is 0.489 e. The first-order valence-electron chi connectivity index (χ1n) is 12.4. The third-order valence-corrected chi connectivity index (χ3v) is 7.54. The second-order valence-corrected chi connectivity index (χ2v) is 9.70. The standard InChI is InChI=1S/C30H30N2O3/c33-30(23-10-4-1-5-11-23,24-12-6-2-7-13-24)29-31-19-27(35-29)20-32-21-28(22-16-17-25(32)18-22)34-26-14-8-3-9-15-26/h1-15,19,22,25,28,33H,16-18,20-21H2. The number of piperidine rings is 1. The van der Waals surface area contributed by atoms with E-state index < -0.39 is 5.60 Å². The average Bonchev–Trinajstić information content (AvgIpc) is 3.56. The van der Waals surface area contributed by atoms with E-state index >= 15 is 0 Å². The molecule has 3 aromatic carbocycles. The van der Waals surface area contributed by atoms with Crippen molar-refractivity contribution in [3.63, 3.8) is 0 Å². The molecule has 1 saturated carbocycles. The zero-order chi connectivity index (χ0) is 23.7. The fraction of sp³-hybridized carbons (Fsp3) is 0.300. The summed E-state index contributed by atoms with van der Waals surface area (Å²) in [5, 5.41) is 12.0. The number of benzene rings is 3. The molecule has 3 atom stereocenters. The molecule has 2 aliphatic rings. The SMILES string of the molecule is OC(c1ccccc1)(c1ccccc1)c1ncc(CN2CC(Oc3ccccc3)C3CCC2C3)o1. The van der Waals surface area contributed by atoms with E-state index in [2.05, 4.69) is 9.88 Å². The van der Waals surface area contributed by atoms with Crippen LogP contribution in [0, 0.1) is 5.92 Å². The maximum absolute atomic E-state index is 12.0. The predicted octanol–water partition coefficient (Wildman–Crippen LogP) is 5.39. The first kappa shape index (κ1) is 22.1. The topological polar surface area (TPSA) is 58.7 Å². The Hall–Kier alpha value is -3.41. The van der Waals surface area contributed by atoms with Gasteiger partial charge in [0, 0.05) is 12.6 Å². The molecular weight excluding hydrogens is 436 g/mol. The van der Waals surface area contributed by atoms with Gasteiger partial charge >= 0.3 is 0 Å². The van der Waals surface area contributed by atoms with Crippen LogP contribution in [0.3, 0.4) is 0 Å². The second-order valence-electron chi connectivity index (χ2n) is 9.70. The maximum atomic E-state index is 12.0. The normalized spacial score (nSPS) is 22.3. The highest BCUT2D eigenvalue weighted by atomic mass is 16.5. The minimum Gasteiger partial charge on any atom is -0.489 e. The molecule has 5 nitrogen and oxygen atoms in total. The van der Waals surface area contributed by atoms with Crippen LogP contribution in [0.1, 0.15) is 42.0 Å². The molecule has 3 unspecified atom stereocenters. The van der Waals surface area contributed by atoms with Crippen molar-refractivity contribution in [2.45, 2.75) is 43.6 Å². The van der Waals surface area contributed by atoms with Gasteiger partial charge in [-0.1, -0.05) is 78.9 Å². The monoisotopic (exact) mass is 466 g/mol. The lowest BCUT2D eigenvalue weighted by molar-refractivity contribution is 0.0290. The van der Waals surface area contributed by atoms with E-state index in [-0.39, 0.29) is 6.10 Å². The summed E-state index contributed by atoms with van der Waals surface area (Å²) in [6, 6.07) is 29.8. The Kier molecular flexibility index (Phi) is 5.88. The molecule has 0 radical (unpaired) electrons. The van der Waals surface area contributed by atoms with Gasteiger partial charge in [0.15, 0.2) is 5.60 Å². The third kappa shape index (κ3) is 4.26. The van der Waals surface area contributed by atoms with Gasteiger partial charge < -0.3 is 14.3 Å². The quantitative estimate of drug-likeness (QED) is 0.396. The van der Waals surface area contributed by atoms with Crippen molar-refractivity contribution in [1.82, 2.24) is 9.88 Å². The molecule has 4 aromatic rings. The van der Waals surface area contributed by atoms with Crippen LogP contribution in [0.25, 0.3) is 0 Å². The van der Waals surface area contributed by atoms with E-state index in [4.69, 9.17) is 9.15 Å². The Bertz CT molecular complexity index is 1200. The Balaban J connectivity index is 1.25. The number of fused-ring (bicyclic) bond motifs is 2. The van der Waals surface area contributed by atoms with Gasteiger partial charge in [-0.25, -0.2) is 4.98 Å². The van der Waals surface area contributed by atoms with Gasteiger partial charge in [0.2, 0.25) is 5.89 Å². The van der Waals surface area contributed by atoms with E-state index in [0.717, 1.165) is 35.6 Å². The summed E-state index contributed by atoms with van der Waals surface area (Å²) in [7, 11) is 0. The Labute approximate surface area is 206 Å². The van der Waals surface area contributed by atoms with Crippen LogP contribution < -0.4 is 4.74 Å². The van der Waals surface area contributed by atoms with E-state index in [9.17, 15) is 5.11 Å². The molecule has 0 spiro atoms. The molecule has 1 N–H and O–H groups in total. The van der Waals surface area contributed by atoms with Crippen molar-refractivity contribution in [3.8, 4) is 5.75 Å². The number of nitrogens with zero attached hydrogens (tertiary/aromatic N) is 2. The van der Waals surface area contributed by atoms with Crippen molar-refractivity contribution in [3.05, 3.63) is 120 Å². The highest BCUT2D eigenvalue weighted by Gasteiger charge is 2.43. The molecule has 1 aromatic heterocycles. The molecule has 2 heterocycles. The zero-order valence-corrected chi connectivity index (χ0v) is 19.7. The second kappa shape index (κ2) is 9.33. The van der Waals surface area contributed by atoms with Gasteiger partial charge in [0.25, 0.3) is 0 Å². The van der Waals surface area contributed by atoms with Crippen LogP contribution in [0.15, 0.2) is 102 Å². The smallest absolute Gasteiger partial charge is 0.236 e. The minimum absolute atomic E-state index is 0.170. The third-order valence-electron chi connectivity index (χ3n) is 7.54. The number of aromatic nitrogens is 1. The highest BCUT2D eigenvalue weighted by Crippen LogP contribution is 2.40. The Morgan fingerprint density at radius 1 is 0.886 bits per heavy atom. The number of aliphatic hydroxyl groups is 1. The van der Waals surface area contributed by atoms with Gasteiger partial charge in [-0.3, -0.25) is 4.90 Å². The molecule has 2 fully saturated rings. The fourth-order valence-corrected chi connectivity index (χ4v) is 5.71. The van der Waals surface area contributed by atoms with Crippen molar-refractivity contribution < 1.29 is 14.3 Å². The van der Waals surface area contributed by atoms with E-state index in [1.54, 1.807) is 6.20 Å². The number of para-hydroxylation sites is 1. The van der Waals surface area contributed by atoms with Crippen LogP contribution in [0.2, 0.25) is 0 Å². The van der Waals surface area contributed by atoms with E-state index in [1.165, 1.54) is 12.8 Å². The number of hydrogen-bond donors (Lipinski definition) is 1. The van der Waals surface area contributed by atoms with Crippen LogP contribution in [-0.2, 0) is 12.1 Å². The van der Waals surface area contributed by atoms with E-state index in [1.807, 2.05) is 91.0 Å². The molecule has 0 amide bonds. The molecule has 1 aliphatic carbocycles. The van der Waals surface area contributed by atoms with Crippen LogP contribution in [-0.4, -0.2) is 33.7 Å². The molecule has 1 aliphatic heterocycles. The highest BCUT2D eigenvalue weighted by molar-refractivity contribution is 5.41. The Morgan fingerprint density at radius 3 is 2.17 bits per heavy atom. The molecular formula is C30H30N2O3. The lowest BCUT2D eigenvalue weighted by atomic mass is 9.86. The number of rotatable bonds is 7. The molecule has 5 heteroatoms. The summed E-state index contributed by atoms with van der Waals surface area (Å²) < 4.78 is 12.7. The van der Waals surface area contributed by atoms with Crippen LogP contribution >= 0.6 is 0 Å². The van der Waals surface area contributed by atoms with Crippen molar-refractivity contribution in [2.75, 3.05) is 6.54 Å². The zero-order valence-electron chi connectivity index (χ0n) is 19.7. The number of ether oxygens (including phenoxy) is 1. The van der Waals surface area contributed by atoms with Gasteiger partial charge in [-0.2, -0.15) is 0 Å². The van der Waals surface area contributed by atoms with Gasteiger partial charge in [-0.15, -0.1) is 0 Å². The lowest BCUT2D eigenvalue weighted by Crippen LogP contribution is -2.47. The van der Waals surface area contributed by atoms with Crippen molar-refractivity contribution in [1.29, 1.82) is 0 Å². The molecule has 6 rings (SSSR count). The summed E-state index contributed by atoms with van der Waals surface area (Å²) in [6.45, 7) is 1.51. The number of hydrogen-bond acceptors (Lipinski definition) is 5. The molecule has 1 saturated heterocycles. The van der Waals surface area contributed by atoms with Gasteiger partial charge in [0.05, 0.1) is 12.7 Å². The fourth-order valence-electron chi connectivity index (χ4n) is 5.71. The maximum Gasteiger partial charge on any atom is 0.236 e. The van der Waals surface area contributed by atoms with Crippen LogP contribution in [0.5, 0.6) is 5.75 Å². The molecule has 178 valence electrons. The summed E-state index contributed by atoms with van der Waals surface area (Å²) >= 11 is 0. The summed E-state index contributed by atoms with van der Waals surface area (Å²) in [5.41, 5.74) is 0.000137.